The summed E-state index contributed by atoms with van der Waals surface area (Å²) in [6.07, 6.45) is -2.79. The van der Waals surface area contributed by atoms with Gasteiger partial charge in [-0.05, 0) is 24.3 Å². The van der Waals surface area contributed by atoms with Crippen LogP contribution in [0.4, 0.5) is 18.9 Å². The number of aliphatic imine (C=N–C) groups is 1. The lowest BCUT2D eigenvalue weighted by atomic mass is 10.1. The molecule has 1 aliphatic rings. The quantitative estimate of drug-likeness (QED) is 0.931. The zero-order valence-electron chi connectivity index (χ0n) is 12.6. The van der Waals surface area contributed by atoms with Crippen LogP contribution in [0.5, 0.6) is 0 Å². The standard InChI is InChI=1S/C16H15F3N4O/c17-16(18,19)13-6-1-2-7-14(13)22-15-21-9-10-23(15)24-11-12-5-3-4-8-20-12/h1-8H,9-11H2,(H,21,22). The van der Waals surface area contributed by atoms with Crippen LogP contribution < -0.4 is 5.32 Å². The van der Waals surface area contributed by atoms with Gasteiger partial charge in [0.05, 0.1) is 30.0 Å². The van der Waals surface area contributed by atoms with Crippen molar-refractivity contribution >= 4 is 11.6 Å². The van der Waals surface area contributed by atoms with Gasteiger partial charge >= 0.3 is 6.18 Å². The Labute approximate surface area is 136 Å². The van der Waals surface area contributed by atoms with Crippen LogP contribution in [-0.4, -0.2) is 29.1 Å². The summed E-state index contributed by atoms with van der Waals surface area (Å²) in [7, 11) is 0. The number of nitrogens with zero attached hydrogens (tertiary/aromatic N) is 3. The number of para-hydroxylation sites is 1. The lowest BCUT2D eigenvalue weighted by Gasteiger charge is -2.21. The van der Waals surface area contributed by atoms with Crippen LogP contribution in [0.2, 0.25) is 0 Å². The fraction of sp³-hybridized carbons (Fsp3) is 0.250. The third-order valence-corrected chi connectivity index (χ3v) is 3.37. The molecule has 3 rings (SSSR count). The zero-order valence-corrected chi connectivity index (χ0v) is 12.6. The number of alkyl halides is 3. The third kappa shape index (κ3) is 3.83. The van der Waals surface area contributed by atoms with E-state index < -0.39 is 11.7 Å². The Bertz CT molecular complexity index is 719. The molecule has 0 saturated heterocycles. The monoisotopic (exact) mass is 336 g/mol. The first-order valence-electron chi connectivity index (χ1n) is 7.32. The average molecular weight is 336 g/mol. The van der Waals surface area contributed by atoms with Crippen LogP contribution in [0.15, 0.2) is 53.7 Å². The number of hydroxylamine groups is 2. The van der Waals surface area contributed by atoms with Crippen molar-refractivity contribution in [1.82, 2.24) is 10.0 Å². The van der Waals surface area contributed by atoms with Crippen LogP contribution >= 0.6 is 0 Å². The maximum Gasteiger partial charge on any atom is 0.418 e. The molecule has 2 aromatic rings. The molecular weight excluding hydrogens is 321 g/mol. The van der Waals surface area contributed by atoms with E-state index in [1.807, 2.05) is 6.07 Å². The maximum absolute atomic E-state index is 13.1. The minimum atomic E-state index is -4.44. The van der Waals surface area contributed by atoms with Crippen molar-refractivity contribution in [2.45, 2.75) is 12.8 Å². The van der Waals surface area contributed by atoms with Gasteiger partial charge in [-0.3, -0.25) is 9.82 Å². The van der Waals surface area contributed by atoms with Crippen LogP contribution in [0, 0.1) is 0 Å². The number of benzene rings is 1. The number of rotatable bonds is 4. The Morgan fingerprint density at radius 1 is 1.12 bits per heavy atom. The smallest absolute Gasteiger partial charge is 0.324 e. The van der Waals surface area contributed by atoms with Crippen LogP contribution in [0.1, 0.15) is 11.3 Å². The summed E-state index contributed by atoms with van der Waals surface area (Å²) in [5.41, 5.74) is -0.0826. The Balaban J connectivity index is 1.69. The molecular formula is C16H15F3N4O. The normalized spacial score (nSPS) is 14.6. The molecule has 24 heavy (non-hydrogen) atoms. The van der Waals surface area contributed by atoms with Crippen molar-refractivity contribution in [3.63, 3.8) is 0 Å². The van der Waals surface area contributed by atoms with E-state index >= 15 is 0 Å². The van der Waals surface area contributed by atoms with Gasteiger partial charge < -0.3 is 5.32 Å². The molecule has 5 nitrogen and oxygen atoms in total. The van der Waals surface area contributed by atoms with Crippen molar-refractivity contribution in [2.24, 2.45) is 4.99 Å². The zero-order chi connectivity index (χ0) is 17.0. The van der Waals surface area contributed by atoms with Crippen molar-refractivity contribution < 1.29 is 18.0 Å². The second-order valence-electron chi connectivity index (χ2n) is 5.07. The highest BCUT2D eigenvalue weighted by molar-refractivity contribution is 5.94. The van der Waals surface area contributed by atoms with E-state index in [0.717, 1.165) is 11.8 Å². The lowest BCUT2D eigenvalue weighted by molar-refractivity contribution is -0.137. The van der Waals surface area contributed by atoms with E-state index in [1.165, 1.54) is 23.3 Å². The molecule has 0 bridgehead atoms. The average Bonchev–Trinajstić information content (AvgIpc) is 3.00. The minimum absolute atomic E-state index is 0.0583. The van der Waals surface area contributed by atoms with Gasteiger partial charge in [-0.1, -0.05) is 18.2 Å². The largest absolute Gasteiger partial charge is 0.418 e. The van der Waals surface area contributed by atoms with E-state index in [-0.39, 0.29) is 18.3 Å². The molecule has 126 valence electrons. The van der Waals surface area contributed by atoms with E-state index in [0.29, 0.717) is 13.1 Å². The lowest BCUT2D eigenvalue weighted by Crippen LogP contribution is -2.33. The first kappa shape index (κ1) is 16.3. The van der Waals surface area contributed by atoms with Gasteiger partial charge in [0.15, 0.2) is 0 Å². The maximum atomic E-state index is 13.1. The molecule has 0 aliphatic carbocycles. The van der Waals surface area contributed by atoms with E-state index in [1.54, 1.807) is 18.3 Å². The van der Waals surface area contributed by atoms with Gasteiger partial charge in [0.1, 0.15) is 6.61 Å². The predicted molar refractivity (Wildman–Crippen MR) is 83.1 cm³/mol. The number of hydrogen-bond acceptors (Lipinski definition) is 5. The minimum Gasteiger partial charge on any atom is -0.324 e. The molecule has 2 heterocycles. The molecule has 0 spiro atoms. The number of guanidine groups is 1. The van der Waals surface area contributed by atoms with E-state index in [2.05, 4.69) is 15.3 Å². The molecule has 1 aromatic heterocycles. The molecule has 0 amide bonds. The van der Waals surface area contributed by atoms with Crippen LogP contribution in [0.25, 0.3) is 0 Å². The summed E-state index contributed by atoms with van der Waals surface area (Å²) in [4.78, 5) is 13.9. The SMILES string of the molecule is FC(F)(F)c1ccccc1NC1=NCCN1OCc1ccccn1. The van der Waals surface area contributed by atoms with Crippen molar-refractivity contribution in [1.29, 1.82) is 0 Å². The Morgan fingerprint density at radius 2 is 1.92 bits per heavy atom. The highest BCUT2D eigenvalue weighted by atomic mass is 19.4. The predicted octanol–water partition coefficient (Wildman–Crippen LogP) is 3.32. The number of halogens is 3. The first-order chi connectivity index (χ1) is 11.5. The van der Waals surface area contributed by atoms with E-state index in [4.69, 9.17) is 4.84 Å². The summed E-state index contributed by atoms with van der Waals surface area (Å²) in [5, 5.41) is 4.16. The number of pyridine rings is 1. The summed E-state index contributed by atoms with van der Waals surface area (Å²) in [6.45, 7) is 1.12. The van der Waals surface area contributed by atoms with E-state index in [9.17, 15) is 13.2 Å². The first-order valence-corrected chi connectivity index (χ1v) is 7.32. The number of aromatic nitrogens is 1. The van der Waals surface area contributed by atoms with Gasteiger partial charge in [-0.25, -0.2) is 10.1 Å². The van der Waals surface area contributed by atoms with Crippen molar-refractivity contribution in [3.8, 4) is 0 Å². The molecule has 0 unspecified atom stereocenters. The van der Waals surface area contributed by atoms with Crippen LogP contribution in [-0.2, 0) is 17.6 Å². The highest BCUT2D eigenvalue weighted by Crippen LogP contribution is 2.34. The van der Waals surface area contributed by atoms with Crippen LogP contribution in [0.3, 0.4) is 0 Å². The van der Waals surface area contributed by atoms with Crippen molar-refractivity contribution in [3.05, 3.63) is 59.9 Å². The fourth-order valence-electron chi connectivity index (χ4n) is 2.25. The number of hydrogen-bond donors (Lipinski definition) is 1. The molecule has 0 saturated carbocycles. The summed E-state index contributed by atoms with van der Waals surface area (Å²) in [6, 6.07) is 10.7. The third-order valence-electron chi connectivity index (χ3n) is 3.37. The summed E-state index contributed by atoms with van der Waals surface area (Å²) < 4.78 is 39.2. The Kier molecular flexibility index (Phi) is 4.66. The molecule has 0 atom stereocenters. The molecule has 1 aliphatic heterocycles. The Hall–Kier alpha value is -2.61. The van der Waals surface area contributed by atoms with Crippen molar-refractivity contribution in [2.75, 3.05) is 18.4 Å². The van der Waals surface area contributed by atoms with Gasteiger partial charge in [0, 0.05) is 6.20 Å². The summed E-state index contributed by atoms with van der Waals surface area (Å²) in [5.74, 6) is 0.252. The molecule has 1 aromatic carbocycles. The van der Waals surface area contributed by atoms with Gasteiger partial charge in [-0.15, -0.1) is 0 Å². The van der Waals surface area contributed by atoms with Gasteiger partial charge in [0.2, 0.25) is 5.96 Å². The second-order valence-corrected chi connectivity index (χ2v) is 5.07. The topological polar surface area (TPSA) is 49.8 Å². The molecule has 0 radical (unpaired) electrons. The number of nitrogens with one attached hydrogen (secondary N) is 1. The summed E-state index contributed by atoms with van der Waals surface area (Å²) >= 11 is 0. The highest BCUT2D eigenvalue weighted by Gasteiger charge is 2.34. The van der Waals surface area contributed by atoms with Gasteiger partial charge in [0.25, 0.3) is 0 Å². The van der Waals surface area contributed by atoms with Gasteiger partial charge in [-0.2, -0.15) is 13.2 Å². The second kappa shape index (κ2) is 6.88. The molecule has 0 fully saturated rings. The fourth-order valence-corrected chi connectivity index (χ4v) is 2.25. The molecule has 8 heteroatoms. The Morgan fingerprint density at radius 3 is 2.67 bits per heavy atom. The number of anilines is 1. The molecule has 1 N–H and O–H groups in total.